The molecule has 1 unspecified atom stereocenters. The number of non-ortho nitro benzene ring substituents is 1. The molecule has 0 aliphatic rings. The van der Waals surface area contributed by atoms with E-state index >= 15 is 0 Å². The predicted octanol–water partition coefficient (Wildman–Crippen LogP) is 3.65. The standard InChI is InChI=1S/C14H22N2O2/c1-3-5-6-13(4-2)15-11-12-7-9-14(10-8-12)16(17)18/h7-10,13,15H,3-6,11H2,1-2H3. The van der Waals surface area contributed by atoms with Crippen LogP contribution < -0.4 is 5.32 Å². The molecule has 0 aliphatic heterocycles. The Balaban J connectivity index is 2.44. The fraction of sp³-hybridized carbons (Fsp3) is 0.571. The second-order valence-electron chi connectivity index (χ2n) is 4.55. The Morgan fingerprint density at radius 3 is 2.44 bits per heavy atom. The van der Waals surface area contributed by atoms with Crippen molar-refractivity contribution in [1.29, 1.82) is 0 Å². The van der Waals surface area contributed by atoms with Crippen LogP contribution >= 0.6 is 0 Å². The second-order valence-corrected chi connectivity index (χ2v) is 4.55. The minimum absolute atomic E-state index is 0.150. The number of nitrogens with one attached hydrogen (secondary N) is 1. The van der Waals surface area contributed by atoms with Gasteiger partial charge in [0.05, 0.1) is 4.92 Å². The Morgan fingerprint density at radius 1 is 1.28 bits per heavy atom. The molecule has 0 amide bonds. The molecular weight excluding hydrogens is 228 g/mol. The Hall–Kier alpha value is -1.42. The lowest BCUT2D eigenvalue weighted by atomic mass is 10.1. The summed E-state index contributed by atoms with van der Waals surface area (Å²) >= 11 is 0. The van der Waals surface area contributed by atoms with Crippen LogP contribution in [0.3, 0.4) is 0 Å². The van der Waals surface area contributed by atoms with Crippen molar-refractivity contribution in [3.63, 3.8) is 0 Å². The highest BCUT2D eigenvalue weighted by Crippen LogP contribution is 2.12. The third-order valence-corrected chi connectivity index (χ3v) is 3.14. The van der Waals surface area contributed by atoms with Crippen LogP contribution in [0.15, 0.2) is 24.3 Å². The Morgan fingerprint density at radius 2 is 1.94 bits per heavy atom. The molecule has 0 fully saturated rings. The average molecular weight is 250 g/mol. The van der Waals surface area contributed by atoms with Gasteiger partial charge in [-0.2, -0.15) is 0 Å². The Bertz CT molecular complexity index is 363. The molecular formula is C14H22N2O2. The minimum Gasteiger partial charge on any atom is -0.310 e. The van der Waals surface area contributed by atoms with Gasteiger partial charge in [-0.05, 0) is 18.4 Å². The Labute approximate surface area is 109 Å². The van der Waals surface area contributed by atoms with E-state index in [1.165, 1.54) is 19.3 Å². The van der Waals surface area contributed by atoms with Gasteiger partial charge >= 0.3 is 0 Å². The maximum absolute atomic E-state index is 10.5. The van der Waals surface area contributed by atoms with E-state index in [-0.39, 0.29) is 10.6 Å². The highest BCUT2D eigenvalue weighted by atomic mass is 16.6. The normalized spacial score (nSPS) is 12.3. The van der Waals surface area contributed by atoms with Crippen LogP contribution in [0.1, 0.15) is 45.1 Å². The van der Waals surface area contributed by atoms with Crippen LogP contribution in [-0.4, -0.2) is 11.0 Å². The topological polar surface area (TPSA) is 55.2 Å². The monoisotopic (exact) mass is 250 g/mol. The van der Waals surface area contributed by atoms with Gasteiger partial charge in [-0.25, -0.2) is 0 Å². The van der Waals surface area contributed by atoms with E-state index in [2.05, 4.69) is 19.2 Å². The van der Waals surface area contributed by atoms with Gasteiger partial charge in [-0.15, -0.1) is 0 Å². The first kappa shape index (κ1) is 14.6. The quantitative estimate of drug-likeness (QED) is 0.566. The lowest BCUT2D eigenvalue weighted by Crippen LogP contribution is -2.27. The second kappa shape index (κ2) is 7.82. The molecule has 1 rings (SSSR count). The summed E-state index contributed by atoms with van der Waals surface area (Å²) in [5.41, 5.74) is 1.24. The molecule has 0 saturated carbocycles. The van der Waals surface area contributed by atoms with Gasteiger partial charge in [-0.1, -0.05) is 38.8 Å². The molecule has 1 aromatic carbocycles. The van der Waals surface area contributed by atoms with E-state index in [0.717, 1.165) is 18.5 Å². The molecule has 1 atom stereocenters. The van der Waals surface area contributed by atoms with Crippen molar-refractivity contribution in [3.8, 4) is 0 Å². The number of nitro groups is 1. The number of rotatable bonds is 8. The van der Waals surface area contributed by atoms with Crippen molar-refractivity contribution in [1.82, 2.24) is 5.32 Å². The van der Waals surface area contributed by atoms with Gasteiger partial charge in [0.1, 0.15) is 0 Å². The summed E-state index contributed by atoms with van der Waals surface area (Å²) in [6.07, 6.45) is 4.77. The summed E-state index contributed by atoms with van der Waals surface area (Å²) in [4.78, 5) is 10.2. The SMILES string of the molecule is CCCCC(CC)NCc1ccc([N+](=O)[O-])cc1. The molecule has 0 heterocycles. The minimum atomic E-state index is -0.368. The zero-order chi connectivity index (χ0) is 13.4. The van der Waals surface area contributed by atoms with Crippen molar-refractivity contribution in [2.75, 3.05) is 0 Å². The number of hydrogen-bond donors (Lipinski definition) is 1. The first-order valence-corrected chi connectivity index (χ1v) is 6.64. The van der Waals surface area contributed by atoms with E-state index in [1.807, 2.05) is 12.1 Å². The summed E-state index contributed by atoms with van der Waals surface area (Å²) < 4.78 is 0. The third kappa shape index (κ3) is 4.84. The summed E-state index contributed by atoms with van der Waals surface area (Å²) in [6.45, 7) is 5.16. The highest BCUT2D eigenvalue weighted by molar-refractivity contribution is 5.32. The molecule has 1 N–H and O–H groups in total. The average Bonchev–Trinajstić information content (AvgIpc) is 2.39. The van der Waals surface area contributed by atoms with Crippen molar-refractivity contribution >= 4 is 5.69 Å². The molecule has 1 aromatic rings. The van der Waals surface area contributed by atoms with Crippen molar-refractivity contribution in [3.05, 3.63) is 39.9 Å². The van der Waals surface area contributed by atoms with Crippen LogP contribution in [0.4, 0.5) is 5.69 Å². The molecule has 4 nitrogen and oxygen atoms in total. The zero-order valence-electron chi connectivity index (χ0n) is 11.2. The van der Waals surface area contributed by atoms with Gasteiger partial charge in [-0.3, -0.25) is 10.1 Å². The van der Waals surface area contributed by atoms with Gasteiger partial charge in [0.15, 0.2) is 0 Å². The first-order chi connectivity index (χ1) is 8.67. The number of benzene rings is 1. The molecule has 0 saturated heterocycles. The fourth-order valence-electron chi connectivity index (χ4n) is 1.90. The van der Waals surface area contributed by atoms with Gasteiger partial charge < -0.3 is 5.32 Å². The van der Waals surface area contributed by atoms with Gasteiger partial charge in [0, 0.05) is 24.7 Å². The van der Waals surface area contributed by atoms with Crippen molar-refractivity contribution in [2.45, 2.75) is 52.1 Å². The third-order valence-electron chi connectivity index (χ3n) is 3.14. The fourth-order valence-corrected chi connectivity index (χ4v) is 1.90. The van der Waals surface area contributed by atoms with E-state index in [0.29, 0.717) is 6.04 Å². The maximum atomic E-state index is 10.5. The largest absolute Gasteiger partial charge is 0.310 e. The molecule has 100 valence electrons. The number of nitro benzene ring substituents is 1. The van der Waals surface area contributed by atoms with Crippen LogP contribution in [-0.2, 0) is 6.54 Å². The molecule has 4 heteroatoms. The van der Waals surface area contributed by atoms with Crippen LogP contribution in [0.5, 0.6) is 0 Å². The van der Waals surface area contributed by atoms with E-state index in [1.54, 1.807) is 12.1 Å². The summed E-state index contributed by atoms with van der Waals surface area (Å²) in [6, 6.07) is 7.30. The molecule has 0 aromatic heterocycles. The highest BCUT2D eigenvalue weighted by Gasteiger charge is 2.06. The number of hydrogen-bond acceptors (Lipinski definition) is 3. The zero-order valence-corrected chi connectivity index (χ0v) is 11.2. The Kier molecular flexibility index (Phi) is 6.36. The van der Waals surface area contributed by atoms with Gasteiger partial charge in [0.2, 0.25) is 0 Å². The summed E-state index contributed by atoms with van der Waals surface area (Å²) in [7, 11) is 0. The number of unbranched alkanes of at least 4 members (excludes halogenated alkanes) is 1. The van der Waals surface area contributed by atoms with Crippen molar-refractivity contribution < 1.29 is 4.92 Å². The van der Waals surface area contributed by atoms with Crippen LogP contribution in [0.25, 0.3) is 0 Å². The lowest BCUT2D eigenvalue weighted by molar-refractivity contribution is -0.384. The predicted molar refractivity (Wildman–Crippen MR) is 73.5 cm³/mol. The lowest BCUT2D eigenvalue weighted by Gasteiger charge is -2.16. The van der Waals surface area contributed by atoms with Gasteiger partial charge in [0.25, 0.3) is 5.69 Å². The number of nitrogens with zero attached hydrogens (tertiary/aromatic N) is 1. The molecule has 0 aliphatic carbocycles. The smallest absolute Gasteiger partial charge is 0.269 e. The van der Waals surface area contributed by atoms with Crippen LogP contribution in [0, 0.1) is 10.1 Å². The molecule has 0 spiro atoms. The van der Waals surface area contributed by atoms with E-state index in [4.69, 9.17) is 0 Å². The van der Waals surface area contributed by atoms with Crippen molar-refractivity contribution in [2.24, 2.45) is 0 Å². The summed E-state index contributed by atoms with van der Waals surface area (Å²) in [5, 5.41) is 14.0. The van der Waals surface area contributed by atoms with E-state index in [9.17, 15) is 10.1 Å². The summed E-state index contributed by atoms with van der Waals surface area (Å²) in [5.74, 6) is 0. The first-order valence-electron chi connectivity index (χ1n) is 6.64. The van der Waals surface area contributed by atoms with E-state index < -0.39 is 0 Å². The molecule has 0 bridgehead atoms. The van der Waals surface area contributed by atoms with Crippen LogP contribution in [0.2, 0.25) is 0 Å². The molecule has 0 radical (unpaired) electrons. The maximum Gasteiger partial charge on any atom is 0.269 e. The molecule has 18 heavy (non-hydrogen) atoms.